The number of rotatable bonds is 4. The summed E-state index contributed by atoms with van der Waals surface area (Å²) >= 11 is 8.01. The van der Waals surface area contributed by atoms with Gasteiger partial charge in [0.15, 0.2) is 0 Å². The van der Waals surface area contributed by atoms with E-state index in [1.54, 1.807) is 11.3 Å². The fourth-order valence-electron chi connectivity index (χ4n) is 1.46. The second-order valence-electron chi connectivity index (χ2n) is 3.41. The van der Waals surface area contributed by atoms with Crippen LogP contribution in [0.1, 0.15) is 28.7 Å². The van der Waals surface area contributed by atoms with E-state index in [-0.39, 0.29) is 5.38 Å². The number of hydrogen-bond donors (Lipinski definition) is 0. The Kier molecular flexibility index (Phi) is 3.49. The molecule has 0 spiro atoms. The molecule has 0 saturated carbocycles. The normalized spacial score (nSPS) is 12.9. The van der Waals surface area contributed by atoms with E-state index < -0.39 is 0 Å². The smallest absolute Gasteiger partial charge is 0.122 e. The summed E-state index contributed by atoms with van der Waals surface area (Å²) in [7, 11) is 0. The first-order chi connectivity index (χ1) is 7.29. The Morgan fingerprint density at radius 2 is 2.27 bits per heavy atom. The molecule has 0 saturated heterocycles. The highest BCUT2D eigenvalue weighted by Crippen LogP contribution is 2.28. The van der Waals surface area contributed by atoms with E-state index in [0.29, 0.717) is 0 Å². The highest BCUT2D eigenvalue weighted by molar-refractivity contribution is 7.09. The van der Waals surface area contributed by atoms with E-state index in [2.05, 4.69) is 18.4 Å². The monoisotopic (exact) mass is 240 g/mol. The van der Waals surface area contributed by atoms with Crippen molar-refractivity contribution in [3.63, 3.8) is 0 Å². The lowest BCUT2D eigenvalue weighted by Crippen LogP contribution is -1.91. The van der Waals surface area contributed by atoms with Crippen LogP contribution in [0.15, 0.2) is 34.1 Å². The third kappa shape index (κ3) is 2.64. The van der Waals surface area contributed by atoms with E-state index in [0.717, 1.165) is 24.4 Å². The van der Waals surface area contributed by atoms with Gasteiger partial charge in [-0.05, 0) is 23.6 Å². The SMILES string of the molecule is CCc1ccc(C(Cl)Cc2cccs2)o1. The van der Waals surface area contributed by atoms with Crippen molar-refractivity contribution in [3.8, 4) is 0 Å². The largest absolute Gasteiger partial charge is 0.465 e. The summed E-state index contributed by atoms with van der Waals surface area (Å²) in [6.07, 6.45) is 1.76. The first-order valence-electron chi connectivity index (χ1n) is 5.04. The first kappa shape index (κ1) is 10.8. The molecule has 1 nitrogen and oxygen atoms in total. The van der Waals surface area contributed by atoms with Gasteiger partial charge < -0.3 is 4.42 Å². The first-order valence-corrected chi connectivity index (χ1v) is 6.36. The second-order valence-corrected chi connectivity index (χ2v) is 4.97. The predicted molar refractivity (Wildman–Crippen MR) is 64.7 cm³/mol. The van der Waals surface area contributed by atoms with E-state index in [9.17, 15) is 0 Å². The molecule has 1 unspecified atom stereocenters. The minimum absolute atomic E-state index is 0.0519. The maximum atomic E-state index is 6.28. The average molecular weight is 241 g/mol. The maximum Gasteiger partial charge on any atom is 0.122 e. The molecule has 1 atom stereocenters. The van der Waals surface area contributed by atoms with Gasteiger partial charge in [0, 0.05) is 17.7 Å². The third-order valence-electron chi connectivity index (χ3n) is 2.30. The van der Waals surface area contributed by atoms with Crippen LogP contribution in [0.4, 0.5) is 0 Å². The van der Waals surface area contributed by atoms with Gasteiger partial charge in [0.2, 0.25) is 0 Å². The maximum absolute atomic E-state index is 6.28. The lowest BCUT2D eigenvalue weighted by atomic mass is 10.2. The third-order valence-corrected chi connectivity index (χ3v) is 3.57. The molecule has 2 aromatic heterocycles. The van der Waals surface area contributed by atoms with Crippen LogP contribution < -0.4 is 0 Å². The van der Waals surface area contributed by atoms with Gasteiger partial charge in [-0.25, -0.2) is 0 Å². The van der Waals surface area contributed by atoms with Crippen LogP contribution in [-0.4, -0.2) is 0 Å². The van der Waals surface area contributed by atoms with E-state index in [1.165, 1.54) is 4.88 Å². The van der Waals surface area contributed by atoms with Gasteiger partial charge in [-0.15, -0.1) is 22.9 Å². The minimum Gasteiger partial charge on any atom is -0.465 e. The molecular formula is C12H13ClOS. The fraction of sp³-hybridized carbons (Fsp3) is 0.333. The summed E-state index contributed by atoms with van der Waals surface area (Å²) in [4.78, 5) is 1.30. The minimum atomic E-state index is -0.0519. The Hall–Kier alpha value is -0.730. The Bertz CT molecular complexity index is 405. The number of aryl methyl sites for hydroxylation is 1. The molecule has 0 aromatic carbocycles. The molecule has 2 rings (SSSR count). The highest BCUT2D eigenvalue weighted by atomic mass is 35.5. The summed E-state index contributed by atoms with van der Waals surface area (Å²) < 4.78 is 5.62. The molecule has 0 amide bonds. The number of furan rings is 1. The Morgan fingerprint density at radius 3 is 2.87 bits per heavy atom. The Balaban J connectivity index is 2.04. The van der Waals surface area contributed by atoms with E-state index >= 15 is 0 Å². The predicted octanol–water partition coefficient (Wildman–Crippen LogP) is 4.43. The average Bonchev–Trinajstić information content (AvgIpc) is 2.86. The quantitative estimate of drug-likeness (QED) is 0.721. The molecule has 80 valence electrons. The van der Waals surface area contributed by atoms with E-state index in [4.69, 9.17) is 16.0 Å². The zero-order valence-corrected chi connectivity index (χ0v) is 10.1. The molecule has 2 aromatic rings. The van der Waals surface area contributed by atoms with Crippen molar-refractivity contribution in [2.24, 2.45) is 0 Å². The van der Waals surface area contributed by atoms with Gasteiger partial charge in [0.1, 0.15) is 11.5 Å². The molecule has 0 bridgehead atoms. The molecule has 15 heavy (non-hydrogen) atoms. The standard InChI is InChI=1S/C12H13ClOS/c1-2-9-5-6-12(14-9)11(13)8-10-4-3-7-15-10/h3-7,11H,2,8H2,1H3. The van der Waals surface area contributed by atoms with Crippen LogP contribution in [0.25, 0.3) is 0 Å². The molecule has 3 heteroatoms. The lowest BCUT2D eigenvalue weighted by molar-refractivity contribution is 0.464. The van der Waals surface area contributed by atoms with Crippen molar-refractivity contribution in [2.45, 2.75) is 25.1 Å². The van der Waals surface area contributed by atoms with Crippen molar-refractivity contribution in [3.05, 3.63) is 46.0 Å². The van der Waals surface area contributed by atoms with Gasteiger partial charge in [0.25, 0.3) is 0 Å². The van der Waals surface area contributed by atoms with Crippen LogP contribution >= 0.6 is 22.9 Å². The zero-order chi connectivity index (χ0) is 10.7. The fourth-order valence-corrected chi connectivity index (χ4v) is 2.59. The molecule has 0 aliphatic carbocycles. The summed E-state index contributed by atoms with van der Waals surface area (Å²) in [5.41, 5.74) is 0. The molecule has 0 aliphatic rings. The number of halogens is 1. The van der Waals surface area contributed by atoms with Gasteiger partial charge in [-0.1, -0.05) is 13.0 Å². The summed E-state index contributed by atoms with van der Waals surface area (Å²) in [6.45, 7) is 2.07. The zero-order valence-electron chi connectivity index (χ0n) is 8.57. The number of thiophene rings is 1. The van der Waals surface area contributed by atoms with Gasteiger partial charge >= 0.3 is 0 Å². The Morgan fingerprint density at radius 1 is 1.40 bits per heavy atom. The second kappa shape index (κ2) is 4.86. The van der Waals surface area contributed by atoms with Gasteiger partial charge in [0.05, 0.1) is 5.38 Å². The molecule has 0 aliphatic heterocycles. The summed E-state index contributed by atoms with van der Waals surface area (Å²) in [5.74, 6) is 1.88. The molecule has 0 N–H and O–H groups in total. The van der Waals surface area contributed by atoms with Crippen molar-refractivity contribution in [2.75, 3.05) is 0 Å². The number of hydrogen-bond acceptors (Lipinski definition) is 2. The lowest BCUT2D eigenvalue weighted by Gasteiger charge is -2.04. The van der Waals surface area contributed by atoms with Crippen molar-refractivity contribution < 1.29 is 4.42 Å². The van der Waals surface area contributed by atoms with Crippen LogP contribution in [-0.2, 0) is 12.8 Å². The molecule has 0 radical (unpaired) electrons. The van der Waals surface area contributed by atoms with Crippen LogP contribution in [0.5, 0.6) is 0 Å². The van der Waals surface area contributed by atoms with Gasteiger partial charge in [-0.2, -0.15) is 0 Å². The van der Waals surface area contributed by atoms with Crippen LogP contribution in [0.3, 0.4) is 0 Å². The van der Waals surface area contributed by atoms with Crippen molar-refractivity contribution >= 4 is 22.9 Å². The van der Waals surface area contributed by atoms with E-state index in [1.807, 2.05) is 18.2 Å². The van der Waals surface area contributed by atoms with Gasteiger partial charge in [-0.3, -0.25) is 0 Å². The van der Waals surface area contributed by atoms with Crippen molar-refractivity contribution in [1.82, 2.24) is 0 Å². The summed E-state index contributed by atoms with van der Waals surface area (Å²) in [5, 5.41) is 2.02. The van der Waals surface area contributed by atoms with Crippen LogP contribution in [0.2, 0.25) is 0 Å². The molecule has 0 fully saturated rings. The van der Waals surface area contributed by atoms with Crippen molar-refractivity contribution in [1.29, 1.82) is 0 Å². The van der Waals surface area contributed by atoms with Crippen LogP contribution in [0, 0.1) is 0 Å². The topological polar surface area (TPSA) is 13.1 Å². The molecular weight excluding hydrogens is 228 g/mol. The molecule has 2 heterocycles. The number of alkyl halides is 1. The Labute approximate surface area is 98.7 Å². The highest BCUT2D eigenvalue weighted by Gasteiger charge is 2.13. The summed E-state index contributed by atoms with van der Waals surface area (Å²) in [6, 6.07) is 8.12.